The van der Waals surface area contributed by atoms with Gasteiger partial charge in [-0.15, -0.1) is 0 Å². The van der Waals surface area contributed by atoms with Gasteiger partial charge in [-0.2, -0.15) is 0 Å². The Hall–Kier alpha value is -7.10. The summed E-state index contributed by atoms with van der Waals surface area (Å²) < 4.78 is 2.50. The van der Waals surface area contributed by atoms with Crippen molar-refractivity contribution in [3.05, 3.63) is 176 Å². The Labute approximate surface area is 305 Å². The molecule has 244 valence electrons. The van der Waals surface area contributed by atoms with E-state index in [-0.39, 0.29) is 0 Å². The lowest BCUT2D eigenvalue weighted by Crippen LogP contribution is -1.96. The van der Waals surface area contributed by atoms with Gasteiger partial charge in [0.2, 0.25) is 0 Å². The molecule has 0 radical (unpaired) electrons. The summed E-state index contributed by atoms with van der Waals surface area (Å²) in [4.78, 5) is 9.78. The van der Waals surface area contributed by atoms with Gasteiger partial charge in [-0.05, 0) is 86.6 Å². The Balaban J connectivity index is 1.18. The minimum Gasteiger partial charge on any atom is -0.308 e. The summed E-state index contributed by atoms with van der Waals surface area (Å²) in [5.74, 6) is 0. The second-order valence-corrected chi connectivity index (χ2v) is 14.1. The summed E-state index contributed by atoms with van der Waals surface area (Å²) in [6, 6.07) is 60.0. The number of para-hydroxylation sites is 1. The van der Waals surface area contributed by atoms with E-state index in [0.717, 1.165) is 21.8 Å². The van der Waals surface area contributed by atoms with Crippen molar-refractivity contribution >= 4 is 65.2 Å². The highest BCUT2D eigenvalue weighted by atomic mass is 15.0. The zero-order valence-corrected chi connectivity index (χ0v) is 28.6. The van der Waals surface area contributed by atoms with Crippen LogP contribution >= 0.6 is 0 Å². The molecule has 0 saturated heterocycles. The zero-order valence-electron chi connectivity index (χ0n) is 28.6. The second-order valence-electron chi connectivity index (χ2n) is 14.1. The van der Waals surface area contributed by atoms with Gasteiger partial charge in [0.1, 0.15) is 0 Å². The zero-order chi connectivity index (χ0) is 34.6. The van der Waals surface area contributed by atoms with Crippen molar-refractivity contribution in [2.75, 3.05) is 0 Å². The van der Waals surface area contributed by atoms with Crippen LogP contribution in [0.4, 0.5) is 0 Å². The highest BCUT2D eigenvalue weighted by Crippen LogP contribution is 2.50. The smallest absolute Gasteiger partial charge is 0.0786 e. The van der Waals surface area contributed by atoms with E-state index in [1.165, 1.54) is 93.5 Å². The van der Waals surface area contributed by atoms with Gasteiger partial charge < -0.3 is 4.57 Å². The summed E-state index contributed by atoms with van der Waals surface area (Å²) >= 11 is 0. The van der Waals surface area contributed by atoms with Crippen molar-refractivity contribution in [3.63, 3.8) is 0 Å². The Morgan fingerprint density at radius 3 is 1.64 bits per heavy atom. The number of fused-ring (bicyclic) bond motifs is 14. The van der Waals surface area contributed by atoms with Crippen molar-refractivity contribution in [3.8, 4) is 50.2 Å². The topological polar surface area (TPSA) is 30.7 Å². The molecule has 3 nitrogen and oxygen atoms in total. The molecule has 0 fully saturated rings. The van der Waals surface area contributed by atoms with Crippen LogP contribution in [0.1, 0.15) is 0 Å². The number of benzene rings is 8. The molecular formula is C50H29N3. The van der Waals surface area contributed by atoms with Gasteiger partial charge in [0.05, 0.1) is 27.8 Å². The molecule has 0 N–H and O–H groups in total. The van der Waals surface area contributed by atoms with Crippen molar-refractivity contribution in [1.82, 2.24) is 14.5 Å². The van der Waals surface area contributed by atoms with Gasteiger partial charge in [-0.1, -0.05) is 121 Å². The highest BCUT2D eigenvalue weighted by Gasteiger charge is 2.26. The molecule has 3 aromatic heterocycles. The number of rotatable bonds is 2. The van der Waals surface area contributed by atoms with E-state index in [9.17, 15) is 0 Å². The van der Waals surface area contributed by atoms with E-state index in [1.54, 1.807) is 0 Å². The maximum Gasteiger partial charge on any atom is 0.0786 e. The first-order valence-corrected chi connectivity index (χ1v) is 18.2. The molecule has 3 heteroatoms. The van der Waals surface area contributed by atoms with Crippen LogP contribution in [0.2, 0.25) is 0 Å². The Morgan fingerprint density at radius 1 is 0.358 bits per heavy atom. The van der Waals surface area contributed by atoms with Gasteiger partial charge in [0.15, 0.2) is 0 Å². The maximum atomic E-state index is 4.90. The van der Waals surface area contributed by atoms with Gasteiger partial charge in [-0.3, -0.25) is 9.97 Å². The van der Waals surface area contributed by atoms with E-state index in [1.807, 2.05) is 24.5 Å². The van der Waals surface area contributed by atoms with Gasteiger partial charge >= 0.3 is 0 Å². The lowest BCUT2D eigenvalue weighted by atomic mass is 9.88. The van der Waals surface area contributed by atoms with E-state index in [2.05, 4.69) is 156 Å². The molecule has 8 aromatic carbocycles. The van der Waals surface area contributed by atoms with E-state index in [4.69, 9.17) is 9.97 Å². The highest BCUT2D eigenvalue weighted by molar-refractivity contribution is 6.20. The third kappa shape index (κ3) is 3.99. The molecule has 53 heavy (non-hydrogen) atoms. The van der Waals surface area contributed by atoms with E-state index < -0.39 is 0 Å². The normalized spacial score (nSPS) is 12.2. The predicted molar refractivity (Wildman–Crippen MR) is 222 cm³/mol. The monoisotopic (exact) mass is 671 g/mol. The molecular weight excluding hydrogens is 643 g/mol. The fraction of sp³-hybridized carbons (Fsp3) is 0. The lowest BCUT2D eigenvalue weighted by Gasteiger charge is -2.16. The Bertz CT molecular complexity index is 3350. The summed E-state index contributed by atoms with van der Waals surface area (Å²) in [7, 11) is 0. The lowest BCUT2D eigenvalue weighted by molar-refractivity contribution is 1.19. The number of pyridine rings is 2. The molecule has 0 aliphatic carbocycles. The average Bonchev–Trinajstić information content (AvgIpc) is 3.50. The number of hydrogen-bond donors (Lipinski definition) is 0. The molecule has 0 unspecified atom stereocenters. The second kappa shape index (κ2) is 10.7. The molecule has 0 saturated carbocycles. The first-order chi connectivity index (χ1) is 26.3. The van der Waals surface area contributed by atoms with Crippen LogP contribution in [0.3, 0.4) is 0 Å². The van der Waals surface area contributed by atoms with E-state index in [0.29, 0.717) is 0 Å². The average molecular weight is 672 g/mol. The summed E-state index contributed by atoms with van der Waals surface area (Å²) in [5, 5.41) is 9.55. The summed E-state index contributed by atoms with van der Waals surface area (Å²) in [6.07, 6.45) is 3.80. The minimum atomic E-state index is 1.03. The number of aromatic nitrogens is 3. The van der Waals surface area contributed by atoms with Crippen LogP contribution in [0, 0.1) is 0 Å². The van der Waals surface area contributed by atoms with Crippen molar-refractivity contribution in [2.24, 2.45) is 0 Å². The van der Waals surface area contributed by atoms with Crippen LogP contribution in [0.15, 0.2) is 176 Å². The summed E-state index contributed by atoms with van der Waals surface area (Å²) in [5.41, 5.74) is 15.3. The number of hydrogen-bond acceptors (Lipinski definition) is 2. The fourth-order valence-electron chi connectivity index (χ4n) is 9.08. The standard InChI is InChI=1S/C50H29N3/c1-2-14-39-38(13-1)41-27-34(36-16-5-9-30-19-21-32-11-7-25-51-48(32)46(30)36)23-24-45(41)53-44-18-4-3-15-40(44)43-29-35(28-42(39)50(43)53)37-17-6-10-31-20-22-33-12-8-26-52-49(33)47(31)37/h1-29H. The van der Waals surface area contributed by atoms with Gasteiger partial charge in [0.25, 0.3) is 0 Å². The molecule has 1 aliphatic rings. The van der Waals surface area contributed by atoms with Crippen LogP contribution < -0.4 is 0 Å². The molecule has 11 aromatic rings. The van der Waals surface area contributed by atoms with Crippen molar-refractivity contribution < 1.29 is 0 Å². The quantitative estimate of drug-likeness (QED) is 0.171. The van der Waals surface area contributed by atoms with Crippen molar-refractivity contribution in [2.45, 2.75) is 0 Å². The third-order valence-corrected chi connectivity index (χ3v) is 11.4. The largest absolute Gasteiger partial charge is 0.308 e. The van der Waals surface area contributed by atoms with Gasteiger partial charge in [0, 0.05) is 55.8 Å². The molecule has 0 atom stereocenters. The molecule has 12 rings (SSSR count). The first-order valence-electron chi connectivity index (χ1n) is 18.2. The minimum absolute atomic E-state index is 1.03. The predicted octanol–water partition coefficient (Wildman–Crippen LogP) is 13.2. The third-order valence-electron chi connectivity index (χ3n) is 11.4. The van der Waals surface area contributed by atoms with Gasteiger partial charge in [-0.25, -0.2) is 0 Å². The number of nitrogens with zero attached hydrogens (tertiary/aromatic N) is 3. The Kier molecular flexibility index (Phi) is 5.77. The van der Waals surface area contributed by atoms with E-state index >= 15 is 0 Å². The molecule has 0 amide bonds. The molecule has 0 bridgehead atoms. The Morgan fingerprint density at radius 2 is 0.925 bits per heavy atom. The van der Waals surface area contributed by atoms with Crippen LogP contribution in [0.25, 0.3) is 115 Å². The molecule has 0 spiro atoms. The summed E-state index contributed by atoms with van der Waals surface area (Å²) in [6.45, 7) is 0. The van der Waals surface area contributed by atoms with Crippen LogP contribution in [-0.4, -0.2) is 14.5 Å². The van der Waals surface area contributed by atoms with Crippen LogP contribution in [-0.2, 0) is 0 Å². The SMILES string of the molecule is c1ccc2c(c1)-c1cc(-c3cccc4ccc5cccnc5c34)ccc1-n1c3ccccc3c3cc(-c4cccc5ccc6cccnc6c45)cc-2c31. The molecule has 4 heterocycles. The van der Waals surface area contributed by atoms with Crippen molar-refractivity contribution in [1.29, 1.82) is 0 Å². The van der Waals surface area contributed by atoms with Crippen LogP contribution in [0.5, 0.6) is 0 Å². The first kappa shape index (κ1) is 28.6. The fourth-order valence-corrected chi connectivity index (χ4v) is 9.08. The molecule has 1 aliphatic heterocycles. The maximum absolute atomic E-state index is 4.90.